The summed E-state index contributed by atoms with van der Waals surface area (Å²) in [6.07, 6.45) is 2.92. The Balaban J connectivity index is 1.63. The smallest absolute Gasteiger partial charge is 0.206 e. The molecule has 0 aliphatic heterocycles. The molecule has 0 saturated heterocycles. The monoisotopic (exact) mass is 768 g/mol. The molecule has 4 aromatic rings. The van der Waals surface area contributed by atoms with Crippen molar-refractivity contribution in [3.63, 3.8) is 0 Å². The Morgan fingerprint density at radius 1 is 0.622 bits per heavy atom. The second-order valence-electron chi connectivity index (χ2n) is 7.67. The molecule has 0 radical (unpaired) electrons. The third-order valence-electron chi connectivity index (χ3n) is 5.08. The molecule has 0 atom stereocenters. The zero-order chi connectivity index (χ0) is 26.7. The average Bonchev–Trinajstić information content (AvgIpc) is 2.87. The number of rotatable bonds is 6. The van der Waals surface area contributed by atoms with E-state index in [0.29, 0.717) is 31.4 Å². The first-order valence-electron chi connectivity index (χ1n) is 10.4. The number of sulfone groups is 1. The SMILES string of the molecule is O=S(=O)(c1cccc(N=Cc2cc(Br)cc(Br)c2O)c1)c1cccc(N=Cc2cc(Br)cc(Br)c2O)c1. The van der Waals surface area contributed by atoms with Gasteiger partial charge in [-0.15, -0.1) is 0 Å². The summed E-state index contributed by atoms with van der Waals surface area (Å²) in [5.74, 6) is 0.0493. The normalized spacial score (nSPS) is 12.0. The Hall–Kier alpha value is -2.31. The number of aliphatic imine (C=N–C) groups is 2. The molecule has 0 amide bonds. The van der Waals surface area contributed by atoms with E-state index in [2.05, 4.69) is 73.7 Å². The molecule has 11 heteroatoms. The number of hydrogen-bond donors (Lipinski definition) is 2. The Bertz CT molecular complexity index is 1550. The number of nitrogens with zero attached hydrogens (tertiary/aromatic N) is 2. The van der Waals surface area contributed by atoms with Gasteiger partial charge in [-0.25, -0.2) is 8.42 Å². The summed E-state index contributed by atoms with van der Waals surface area (Å²) in [5.41, 5.74) is 1.73. The van der Waals surface area contributed by atoms with Crippen molar-refractivity contribution in [3.8, 4) is 11.5 Å². The summed E-state index contributed by atoms with van der Waals surface area (Å²) in [7, 11) is -3.87. The molecule has 37 heavy (non-hydrogen) atoms. The van der Waals surface area contributed by atoms with Crippen molar-refractivity contribution in [2.24, 2.45) is 9.98 Å². The van der Waals surface area contributed by atoms with Crippen molar-refractivity contribution in [2.75, 3.05) is 0 Å². The van der Waals surface area contributed by atoms with Crippen molar-refractivity contribution in [3.05, 3.63) is 102 Å². The standard InChI is InChI=1S/C26H16Br4N2O4S/c27-17-7-15(25(33)23(29)9-17)13-31-19-3-1-5-21(11-19)37(35,36)22-6-2-4-20(12-22)32-14-16-8-18(28)10-24(30)26(16)34/h1-14,33-34H. The summed E-state index contributed by atoms with van der Waals surface area (Å²) in [5, 5.41) is 20.5. The molecule has 0 spiro atoms. The fourth-order valence-electron chi connectivity index (χ4n) is 3.25. The third kappa shape index (κ3) is 6.58. The molecule has 0 heterocycles. The Kier molecular flexibility index (Phi) is 8.70. The number of phenols is 2. The number of halogens is 4. The van der Waals surface area contributed by atoms with E-state index in [1.54, 1.807) is 48.5 Å². The minimum atomic E-state index is -3.87. The third-order valence-corrected chi connectivity index (χ3v) is 8.95. The fraction of sp³-hybridized carbons (Fsp3) is 0. The van der Waals surface area contributed by atoms with Gasteiger partial charge in [0.25, 0.3) is 0 Å². The highest BCUT2D eigenvalue weighted by Gasteiger charge is 2.18. The predicted molar refractivity (Wildman–Crippen MR) is 160 cm³/mol. The summed E-state index contributed by atoms with van der Waals surface area (Å²) < 4.78 is 29.2. The van der Waals surface area contributed by atoms with Crippen LogP contribution in [0.2, 0.25) is 0 Å². The van der Waals surface area contributed by atoms with Crippen LogP contribution in [0.4, 0.5) is 11.4 Å². The first kappa shape index (κ1) is 27.7. The van der Waals surface area contributed by atoms with Gasteiger partial charge < -0.3 is 10.2 Å². The van der Waals surface area contributed by atoms with Crippen LogP contribution in [0.5, 0.6) is 11.5 Å². The molecule has 0 saturated carbocycles. The van der Waals surface area contributed by atoms with E-state index in [-0.39, 0.29) is 21.3 Å². The highest BCUT2D eigenvalue weighted by atomic mass is 79.9. The van der Waals surface area contributed by atoms with Crippen LogP contribution in [0.15, 0.2) is 110 Å². The van der Waals surface area contributed by atoms with E-state index < -0.39 is 9.84 Å². The van der Waals surface area contributed by atoms with Crippen LogP contribution in [0.1, 0.15) is 11.1 Å². The first-order valence-corrected chi connectivity index (χ1v) is 15.1. The van der Waals surface area contributed by atoms with Gasteiger partial charge in [-0.2, -0.15) is 0 Å². The highest BCUT2D eigenvalue weighted by molar-refractivity contribution is 9.11. The van der Waals surface area contributed by atoms with Gasteiger partial charge in [0.2, 0.25) is 9.84 Å². The largest absolute Gasteiger partial charge is 0.506 e. The summed E-state index contributed by atoms with van der Waals surface area (Å²) >= 11 is 13.3. The molecule has 4 rings (SSSR count). The van der Waals surface area contributed by atoms with Crippen LogP contribution in [-0.4, -0.2) is 31.1 Å². The lowest BCUT2D eigenvalue weighted by Crippen LogP contribution is -2.01. The number of hydrogen-bond acceptors (Lipinski definition) is 6. The molecule has 0 bridgehead atoms. The van der Waals surface area contributed by atoms with Crippen LogP contribution in [0, 0.1) is 0 Å². The minimum Gasteiger partial charge on any atom is -0.506 e. The molecule has 4 aromatic carbocycles. The van der Waals surface area contributed by atoms with Crippen molar-refractivity contribution >= 4 is 97.4 Å². The quantitative estimate of drug-likeness (QED) is 0.192. The van der Waals surface area contributed by atoms with Crippen LogP contribution >= 0.6 is 63.7 Å². The lowest BCUT2D eigenvalue weighted by molar-refractivity contribution is 0.470. The summed E-state index contributed by atoms with van der Waals surface area (Å²) in [6.45, 7) is 0. The fourth-order valence-corrected chi connectivity index (χ4v) is 7.11. The molecule has 0 aliphatic carbocycles. The van der Waals surface area contributed by atoms with E-state index in [1.165, 1.54) is 36.7 Å². The van der Waals surface area contributed by atoms with Gasteiger partial charge >= 0.3 is 0 Å². The lowest BCUT2D eigenvalue weighted by atomic mass is 10.2. The van der Waals surface area contributed by atoms with Gasteiger partial charge in [0.05, 0.1) is 30.1 Å². The van der Waals surface area contributed by atoms with Crippen molar-refractivity contribution < 1.29 is 18.6 Å². The second-order valence-corrected chi connectivity index (χ2v) is 13.2. The van der Waals surface area contributed by atoms with Crippen molar-refractivity contribution in [2.45, 2.75) is 9.79 Å². The van der Waals surface area contributed by atoms with E-state index in [4.69, 9.17) is 0 Å². The van der Waals surface area contributed by atoms with Crippen molar-refractivity contribution in [1.82, 2.24) is 0 Å². The van der Waals surface area contributed by atoms with Gasteiger partial charge in [0.15, 0.2) is 0 Å². The molecule has 0 aromatic heterocycles. The van der Waals surface area contributed by atoms with E-state index in [9.17, 15) is 18.6 Å². The Labute approximate surface area is 247 Å². The maximum absolute atomic E-state index is 13.4. The predicted octanol–water partition coefficient (Wildman–Crippen LogP) is 8.48. The average molecular weight is 772 g/mol. The molecular weight excluding hydrogens is 756 g/mol. The Morgan fingerprint density at radius 2 is 1.03 bits per heavy atom. The molecule has 188 valence electrons. The van der Waals surface area contributed by atoms with E-state index >= 15 is 0 Å². The summed E-state index contributed by atoms with van der Waals surface area (Å²) in [4.78, 5) is 8.82. The van der Waals surface area contributed by atoms with Crippen LogP contribution < -0.4 is 0 Å². The van der Waals surface area contributed by atoms with Crippen LogP contribution in [0.25, 0.3) is 0 Å². The zero-order valence-corrected chi connectivity index (χ0v) is 25.8. The van der Waals surface area contributed by atoms with Crippen molar-refractivity contribution in [1.29, 1.82) is 0 Å². The number of benzene rings is 4. The molecule has 6 nitrogen and oxygen atoms in total. The molecule has 0 unspecified atom stereocenters. The minimum absolute atomic E-state index is 0.0247. The molecular formula is C26H16Br4N2O4S. The number of aromatic hydroxyl groups is 2. The zero-order valence-electron chi connectivity index (χ0n) is 18.6. The van der Waals surface area contributed by atoms with Crippen LogP contribution in [0.3, 0.4) is 0 Å². The topological polar surface area (TPSA) is 99.3 Å². The maximum atomic E-state index is 13.4. The molecule has 0 aliphatic rings. The van der Waals surface area contributed by atoms with Crippen LogP contribution in [-0.2, 0) is 9.84 Å². The molecule has 0 fully saturated rings. The Morgan fingerprint density at radius 3 is 1.43 bits per heavy atom. The van der Waals surface area contributed by atoms with Gasteiger partial charge in [0, 0.05) is 32.5 Å². The first-order chi connectivity index (χ1) is 17.5. The number of phenolic OH excluding ortho intramolecular Hbond substituents is 2. The second kappa shape index (κ2) is 11.6. The van der Waals surface area contributed by atoms with Gasteiger partial charge in [-0.1, -0.05) is 44.0 Å². The maximum Gasteiger partial charge on any atom is 0.206 e. The van der Waals surface area contributed by atoms with Gasteiger partial charge in [-0.05, 0) is 92.5 Å². The van der Waals surface area contributed by atoms with Gasteiger partial charge in [-0.3, -0.25) is 9.98 Å². The summed E-state index contributed by atoms with van der Waals surface area (Å²) in [6, 6.07) is 19.3. The van der Waals surface area contributed by atoms with E-state index in [0.717, 1.165) is 8.95 Å². The lowest BCUT2D eigenvalue weighted by Gasteiger charge is -2.07. The highest BCUT2D eigenvalue weighted by Crippen LogP contribution is 2.33. The van der Waals surface area contributed by atoms with Gasteiger partial charge in [0.1, 0.15) is 11.5 Å². The molecule has 2 N–H and O–H groups in total. The van der Waals surface area contributed by atoms with E-state index in [1.807, 2.05) is 0 Å².